The first-order valence-electron chi connectivity index (χ1n) is 10.2. The molecule has 1 heterocycles. The molecule has 3 rings (SSSR count). The number of anilines is 2. The van der Waals surface area contributed by atoms with Crippen molar-refractivity contribution >= 4 is 27.3 Å². The van der Waals surface area contributed by atoms with Crippen molar-refractivity contribution in [3.63, 3.8) is 0 Å². The molecule has 1 amide bonds. The van der Waals surface area contributed by atoms with Crippen LogP contribution >= 0.6 is 0 Å². The van der Waals surface area contributed by atoms with Crippen molar-refractivity contribution in [1.82, 2.24) is 4.90 Å². The Bertz CT molecular complexity index is 986. The Kier molecular flexibility index (Phi) is 7.04. The lowest BCUT2D eigenvalue weighted by molar-refractivity contribution is -0.129. The van der Waals surface area contributed by atoms with E-state index in [2.05, 4.69) is 4.90 Å². The lowest BCUT2D eigenvalue weighted by Gasteiger charge is -2.37. The second-order valence-corrected chi connectivity index (χ2v) is 9.68. The molecule has 0 unspecified atom stereocenters. The van der Waals surface area contributed by atoms with E-state index in [1.54, 1.807) is 41.3 Å². The molecule has 0 aliphatic carbocycles. The van der Waals surface area contributed by atoms with Crippen LogP contribution in [0, 0.1) is 5.82 Å². The number of halogens is 1. The third-order valence-electron chi connectivity index (χ3n) is 5.00. The maximum Gasteiger partial charge on any atom is 0.243 e. The Morgan fingerprint density at radius 3 is 2.13 bits per heavy atom. The van der Waals surface area contributed by atoms with Crippen LogP contribution in [0.4, 0.5) is 15.8 Å². The van der Waals surface area contributed by atoms with Crippen molar-refractivity contribution in [1.29, 1.82) is 0 Å². The van der Waals surface area contributed by atoms with Crippen molar-refractivity contribution < 1.29 is 22.3 Å². The number of hydrogen-bond acceptors (Lipinski definition) is 5. The molecule has 0 bridgehead atoms. The first-order chi connectivity index (χ1) is 14.6. The molecule has 31 heavy (non-hydrogen) atoms. The number of amides is 1. The van der Waals surface area contributed by atoms with Crippen LogP contribution < -0.4 is 13.9 Å². The van der Waals surface area contributed by atoms with Gasteiger partial charge in [-0.3, -0.25) is 9.10 Å². The molecule has 2 aromatic rings. The minimum absolute atomic E-state index is 0.00650. The smallest absolute Gasteiger partial charge is 0.243 e. The summed E-state index contributed by atoms with van der Waals surface area (Å²) in [5.74, 6) is 0.0874. The predicted octanol–water partition coefficient (Wildman–Crippen LogP) is 2.73. The molecule has 0 radical (unpaired) electrons. The summed E-state index contributed by atoms with van der Waals surface area (Å²) in [5.41, 5.74) is 1.31. The minimum Gasteiger partial charge on any atom is -0.491 e. The van der Waals surface area contributed by atoms with Crippen LogP contribution in [-0.2, 0) is 14.8 Å². The van der Waals surface area contributed by atoms with E-state index in [4.69, 9.17) is 4.74 Å². The van der Waals surface area contributed by atoms with Gasteiger partial charge in [0.1, 0.15) is 18.1 Å². The van der Waals surface area contributed by atoms with Gasteiger partial charge in [0.25, 0.3) is 0 Å². The number of hydrogen-bond donors (Lipinski definition) is 0. The molecule has 0 spiro atoms. The lowest BCUT2D eigenvalue weighted by Crippen LogP contribution is -2.52. The molecular formula is C22H28FN3O4S. The van der Waals surface area contributed by atoms with Gasteiger partial charge in [-0.05, 0) is 62.4 Å². The molecule has 0 atom stereocenters. The highest BCUT2D eigenvalue weighted by molar-refractivity contribution is 7.92. The van der Waals surface area contributed by atoms with Gasteiger partial charge in [0, 0.05) is 31.9 Å². The maximum absolute atomic E-state index is 13.1. The van der Waals surface area contributed by atoms with E-state index in [0.717, 1.165) is 16.2 Å². The van der Waals surface area contributed by atoms with Crippen LogP contribution in [0.2, 0.25) is 0 Å². The topological polar surface area (TPSA) is 70.2 Å². The average molecular weight is 450 g/mol. The third kappa shape index (κ3) is 6.10. The number of sulfonamides is 1. The van der Waals surface area contributed by atoms with E-state index in [-0.39, 0.29) is 24.4 Å². The van der Waals surface area contributed by atoms with E-state index < -0.39 is 10.0 Å². The molecule has 2 aromatic carbocycles. The Balaban J connectivity index is 1.64. The number of carbonyl (C=O) groups excluding carboxylic acids is 1. The first-order valence-corrected chi connectivity index (χ1v) is 12.0. The van der Waals surface area contributed by atoms with Gasteiger partial charge in [-0.15, -0.1) is 0 Å². The van der Waals surface area contributed by atoms with Gasteiger partial charge in [0.05, 0.1) is 18.0 Å². The van der Waals surface area contributed by atoms with Gasteiger partial charge in [-0.2, -0.15) is 0 Å². The molecule has 1 aliphatic rings. The molecule has 0 saturated carbocycles. The second-order valence-electron chi connectivity index (χ2n) is 7.77. The third-order valence-corrected chi connectivity index (χ3v) is 6.14. The van der Waals surface area contributed by atoms with Crippen molar-refractivity contribution in [2.75, 3.05) is 48.2 Å². The molecule has 7 nitrogen and oxygen atoms in total. The fourth-order valence-electron chi connectivity index (χ4n) is 3.45. The van der Waals surface area contributed by atoms with Crippen LogP contribution in [-0.4, -0.2) is 64.3 Å². The summed E-state index contributed by atoms with van der Waals surface area (Å²) in [4.78, 5) is 16.6. The molecule has 0 N–H and O–H groups in total. The molecule has 0 aromatic heterocycles. The normalized spacial score (nSPS) is 14.6. The van der Waals surface area contributed by atoms with Gasteiger partial charge in [0.2, 0.25) is 15.9 Å². The predicted molar refractivity (Wildman–Crippen MR) is 120 cm³/mol. The fraction of sp³-hybridized carbons (Fsp3) is 0.409. The van der Waals surface area contributed by atoms with Crippen molar-refractivity contribution in [2.24, 2.45) is 0 Å². The summed E-state index contributed by atoms with van der Waals surface area (Å²) < 4.78 is 44.6. The molecule has 1 aliphatic heterocycles. The van der Waals surface area contributed by atoms with E-state index in [0.29, 0.717) is 37.6 Å². The lowest BCUT2D eigenvalue weighted by atomic mass is 10.2. The monoisotopic (exact) mass is 449 g/mol. The van der Waals surface area contributed by atoms with Gasteiger partial charge < -0.3 is 14.5 Å². The van der Waals surface area contributed by atoms with E-state index >= 15 is 0 Å². The quantitative estimate of drug-likeness (QED) is 0.650. The SMILES string of the molecule is CC(C)Oc1ccc(N(CC(=O)N2CCN(c3ccc(F)cc3)CC2)S(C)(=O)=O)cc1. The Morgan fingerprint density at radius 2 is 1.61 bits per heavy atom. The zero-order valence-corrected chi connectivity index (χ0v) is 18.8. The average Bonchev–Trinajstić information content (AvgIpc) is 2.72. The summed E-state index contributed by atoms with van der Waals surface area (Å²) in [7, 11) is -3.65. The van der Waals surface area contributed by atoms with Gasteiger partial charge in [-0.1, -0.05) is 0 Å². The van der Waals surface area contributed by atoms with Gasteiger partial charge in [0.15, 0.2) is 0 Å². The number of ether oxygens (including phenoxy) is 1. The number of carbonyl (C=O) groups is 1. The molecule has 1 fully saturated rings. The van der Waals surface area contributed by atoms with Crippen molar-refractivity contribution in [3.05, 3.63) is 54.3 Å². The molecule has 9 heteroatoms. The Labute approximate surface area is 183 Å². The van der Waals surface area contributed by atoms with Gasteiger partial charge >= 0.3 is 0 Å². The number of rotatable bonds is 7. The van der Waals surface area contributed by atoms with E-state index in [1.165, 1.54) is 12.1 Å². The summed E-state index contributed by atoms with van der Waals surface area (Å²) in [6.07, 6.45) is 1.10. The number of benzene rings is 2. The standard InChI is InChI=1S/C22H28FN3O4S/c1-17(2)30-21-10-8-20(9-11-21)26(31(3,28)29)16-22(27)25-14-12-24(13-15-25)19-6-4-18(23)5-7-19/h4-11,17H,12-16H2,1-3H3. The van der Waals surface area contributed by atoms with E-state index in [9.17, 15) is 17.6 Å². The Hall–Kier alpha value is -2.81. The fourth-order valence-corrected chi connectivity index (χ4v) is 4.30. The molecule has 1 saturated heterocycles. The van der Waals surface area contributed by atoms with Crippen LogP contribution in [0.3, 0.4) is 0 Å². The van der Waals surface area contributed by atoms with Crippen LogP contribution in [0.15, 0.2) is 48.5 Å². The molecule has 168 valence electrons. The van der Waals surface area contributed by atoms with Crippen LogP contribution in [0.5, 0.6) is 5.75 Å². The molecular weight excluding hydrogens is 421 g/mol. The zero-order valence-electron chi connectivity index (χ0n) is 18.0. The largest absolute Gasteiger partial charge is 0.491 e. The number of piperazine rings is 1. The van der Waals surface area contributed by atoms with E-state index in [1.807, 2.05) is 13.8 Å². The first kappa shape index (κ1) is 22.9. The summed E-state index contributed by atoms with van der Waals surface area (Å²) in [6.45, 7) is 5.68. The summed E-state index contributed by atoms with van der Waals surface area (Å²) in [6, 6.07) is 12.9. The second kappa shape index (κ2) is 9.55. The zero-order chi connectivity index (χ0) is 22.6. The Morgan fingerprint density at radius 1 is 1.03 bits per heavy atom. The van der Waals surface area contributed by atoms with Crippen LogP contribution in [0.25, 0.3) is 0 Å². The summed E-state index contributed by atoms with van der Waals surface area (Å²) >= 11 is 0. The minimum atomic E-state index is -3.65. The highest BCUT2D eigenvalue weighted by atomic mass is 32.2. The van der Waals surface area contributed by atoms with Crippen LogP contribution in [0.1, 0.15) is 13.8 Å². The highest BCUT2D eigenvalue weighted by Crippen LogP contribution is 2.23. The van der Waals surface area contributed by atoms with Gasteiger partial charge in [-0.25, -0.2) is 12.8 Å². The summed E-state index contributed by atoms with van der Waals surface area (Å²) in [5, 5.41) is 0. The van der Waals surface area contributed by atoms with Crippen molar-refractivity contribution in [3.8, 4) is 5.75 Å². The maximum atomic E-state index is 13.1. The number of nitrogens with zero attached hydrogens (tertiary/aromatic N) is 3. The van der Waals surface area contributed by atoms with Crippen molar-refractivity contribution in [2.45, 2.75) is 20.0 Å². The highest BCUT2D eigenvalue weighted by Gasteiger charge is 2.26.